The predicted molar refractivity (Wildman–Crippen MR) is 58.5 cm³/mol. The average Bonchev–Trinajstić information content (AvgIpc) is 2.26. The number of hydrogen-bond acceptors (Lipinski definition) is 0. The van der Waals surface area contributed by atoms with Crippen molar-refractivity contribution in [2.24, 2.45) is 0 Å². The smallest absolute Gasteiger partial charge is 0.166 e. The highest BCUT2D eigenvalue weighted by Gasteiger charge is 2.30. The van der Waals surface area contributed by atoms with Crippen molar-refractivity contribution in [1.82, 2.24) is 0 Å². The van der Waals surface area contributed by atoms with Crippen molar-refractivity contribution in [2.75, 3.05) is 0 Å². The van der Waals surface area contributed by atoms with Gasteiger partial charge in [-0.3, -0.25) is 0 Å². The molecule has 2 aromatic carbocycles. The summed E-state index contributed by atoms with van der Waals surface area (Å²) in [5.74, 6) is 0.358. The summed E-state index contributed by atoms with van der Waals surface area (Å²) in [7, 11) is 0. The monoisotopic (exact) mass is 244 g/mol. The fourth-order valence-corrected chi connectivity index (χ4v) is 1.72. The third-order valence-corrected chi connectivity index (χ3v) is 2.69. The standard InChI is InChI=1S/C12H8ClF3/c13-7-8-1-2-10-6-11(12(14,15)16)4-3-9(10)5-8/h1-6H,7H2. The molecule has 0 aromatic heterocycles. The van der Waals surface area contributed by atoms with E-state index < -0.39 is 11.7 Å². The second kappa shape index (κ2) is 3.98. The molecule has 0 fully saturated rings. The van der Waals surface area contributed by atoms with Crippen molar-refractivity contribution in [3.05, 3.63) is 47.5 Å². The Hall–Kier alpha value is -1.22. The molecule has 0 aliphatic rings. The Morgan fingerprint density at radius 2 is 1.56 bits per heavy atom. The predicted octanol–water partition coefficient (Wildman–Crippen LogP) is 4.60. The van der Waals surface area contributed by atoms with Crippen LogP contribution in [-0.4, -0.2) is 0 Å². The van der Waals surface area contributed by atoms with Crippen LogP contribution in [0, 0.1) is 0 Å². The van der Waals surface area contributed by atoms with E-state index in [9.17, 15) is 13.2 Å². The molecule has 0 saturated carbocycles. The van der Waals surface area contributed by atoms with E-state index in [1.165, 1.54) is 6.07 Å². The van der Waals surface area contributed by atoms with Crippen LogP contribution in [0.15, 0.2) is 36.4 Å². The molecular weight excluding hydrogens is 237 g/mol. The zero-order chi connectivity index (χ0) is 11.8. The van der Waals surface area contributed by atoms with Gasteiger partial charge in [0.15, 0.2) is 0 Å². The molecule has 0 nitrogen and oxygen atoms in total. The average molecular weight is 245 g/mol. The lowest BCUT2D eigenvalue weighted by molar-refractivity contribution is -0.137. The third-order valence-electron chi connectivity index (χ3n) is 2.39. The molecule has 0 unspecified atom stereocenters. The number of rotatable bonds is 1. The van der Waals surface area contributed by atoms with Crippen LogP contribution in [0.25, 0.3) is 10.8 Å². The molecular formula is C12H8ClF3. The van der Waals surface area contributed by atoms with Gasteiger partial charge in [0.2, 0.25) is 0 Å². The van der Waals surface area contributed by atoms with Gasteiger partial charge in [0, 0.05) is 5.88 Å². The molecule has 2 rings (SSSR count). The Bertz CT molecular complexity index is 517. The Balaban J connectivity index is 2.56. The normalized spacial score (nSPS) is 12.0. The van der Waals surface area contributed by atoms with Gasteiger partial charge in [-0.2, -0.15) is 13.2 Å². The largest absolute Gasteiger partial charge is 0.416 e. The van der Waals surface area contributed by atoms with Gasteiger partial charge in [-0.1, -0.05) is 18.2 Å². The molecule has 0 bridgehead atoms. The first-order valence-electron chi connectivity index (χ1n) is 4.66. The van der Waals surface area contributed by atoms with Crippen molar-refractivity contribution in [2.45, 2.75) is 12.1 Å². The van der Waals surface area contributed by atoms with Crippen LogP contribution < -0.4 is 0 Å². The minimum atomic E-state index is -4.29. The molecule has 0 aliphatic carbocycles. The topological polar surface area (TPSA) is 0 Å². The van der Waals surface area contributed by atoms with Crippen LogP contribution >= 0.6 is 11.6 Å². The fourth-order valence-electron chi connectivity index (χ4n) is 1.55. The van der Waals surface area contributed by atoms with E-state index in [2.05, 4.69) is 0 Å². The first kappa shape index (κ1) is 11.3. The summed E-state index contributed by atoms with van der Waals surface area (Å²) in [5.41, 5.74) is 0.271. The van der Waals surface area contributed by atoms with E-state index in [0.29, 0.717) is 11.3 Å². The second-order valence-corrected chi connectivity index (χ2v) is 3.79. The summed E-state index contributed by atoms with van der Waals surface area (Å²) in [5, 5.41) is 1.34. The van der Waals surface area contributed by atoms with Crippen molar-refractivity contribution >= 4 is 22.4 Å². The van der Waals surface area contributed by atoms with E-state index in [1.807, 2.05) is 0 Å². The maximum atomic E-state index is 12.4. The molecule has 0 amide bonds. The number of hydrogen-bond donors (Lipinski definition) is 0. The van der Waals surface area contributed by atoms with Gasteiger partial charge in [0.25, 0.3) is 0 Å². The molecule has 4 heteroatoms. The van der Waals surface area contributed by atoms with Crippen LogP contribution in [0.5, 0.6) is 0 Å². The first-order valence-corrected chi connectivity index (χ1v) is 5.20. The summed E-state index contributed by atoms with van der Waals surface area (Å²) in [6.45, 7) is 0. The Labute approximate surface area is 95.6 Å². The lowest BCUT2D eigenvalue weighted by Crippen LogP contribution is -2.04. The minimum absolute atomic E-state index is 0.358. The number of alkyl halides is 4. The molecule has 2 aromatic rings. The van der Waals surface area contributed by atoms with Gasteiger partial charge in [-0.15, -0.1) is 11.6 Å². The summed E-state index contributed by atoms with van der Waals surface area (Å²) < 4.78 is 37.3. The molecule has 0 aliphatic heterocycles. The van der Waals surface area contributed by atoms with Gasteiger partial charge in [0.1, 0.15) is 0 Å². The first-order chi connectivity index (χ1) is 7.50. The highest BCUT2D eigenvalue weighted by atomic mass is 35.5. The maximum absolute atomic E-state index is 12.4. The Kier molecular flexibility index (Phi) is 2.80. The maximum Gasteiger partial charge on any atom is 0.416 e. The SMILES string of the molecule is FC(F)(F)c1ccc2cc(CCl)ccc2c1. The van der Waals surface area contributed by atoms with E-state index in [-0.39, 0.29) is 0 Å². The molecule has 0 saturated heterocycles. The second-order valence-electron chi connectivity index (χ2n) is 3.53. The lowest BCUT2D eigenvalue weighted by Gasteiger charge is -2.08. The van der Waals surface area contributed by atoms with Crippen LogP contribution in [-0.2, 0) is 12.1 Å². The van der Waals surface area contributed by atoms with Crippen molar-refractivity contribution in [1.29, 1.82) is 0 Å². The van der Waals surface area contributed by atoms with Gasteiger partial charge in [-0.25, -0.2) is 0 Å². The minimum Gasteiger partial charge on any atom is -0.166 e. The highest BCUT2D eigenvalue weighted by molar-refractivity contribution is 6.17. The van der Waals surface area contributed by atoms with Crippen LogP contribution in [0.1, 0.15) is 11.1 Å². The summed E-state index contributed by atoms with van der Waals surface area (Å²) >= 11 is 5.65. The molecule has 0 N–H and O–H groups in total. The number of benzene rings is 2. The van der Waals surface area contributed by atoms with E-state index in [0.717, 1.165) is 23.1 Å². The molecule has 0 radical (unpaired) electrons. The van der Waals surface area contributed by atoms with E-state index >= 15 is 0 Å². The van der Waals surface area contributed by atoms with Crippen molar-refractivity contribution < 1.29 is 13.2 Å². The van der Waals surface area contributed by atoms with Crippen molar-refractivity contribution in [3.8, 4) is 0 Å². The summed E-state index contributed by atoms with van der Waals surface area (Å²) in [6.07, 6.45) is -4.29. The quantitative estimate of drug-likeness (QED) is 0.643. The van der Waals surface area contributed by atoms with E-state index in [4.69, 9.17) is 11.6 Å². The molecule has 0 atom stereocenters. The van der Waals surface area contributed by atoms with Gasteiger partial charge >= 0.3 is 6.18 Å². The van der Waals surface area contributed by atoms with Gasteiger partial charge < -0.3 is 0 Å². The summed E-state index contributed by atoms with van der Waals surface area (Å²) in [4.78, 5) is 0. The molecule has 16 heavy (non-hydrogen) atoms. The molecule has 0 heterocycles. The Morgan fingerprint density at radius 1 is 0.938 bits per heavy atom. The van der Waals surface area contributed by atoms with Crippen LogP contribution in [0.2, 0.25) is 0 Å². The van der Waals surface area contributed by atoms with Crippen LogP contribution in [0.3, 0.4) is 0 Å². The zero-order valence-corrected chi connectivity index (χ0v) is 8.94. The lowest BCUT2D eigenvalue weighted by atomic mass is 10.0. The van der Waals surface area contributed by atoms with Crippen molar-refractivity contribution in [3.63, 3.8) is 0 Å². The number of halogens is 4. The summed E-state index contributed by atoms with van der Waals surface area (Å²) in [6, 6.07) is 8.88. The van der Waals surface area contributed by atoms with E-state index in [1.54, 1.807) is 18.2 Å². The fraction of sp³-hybridized carbons (Fsp3) is 0.167. The van der Waals surface area contributed by atoms with Gasteiger partial charge in [-0.05, 0) is 34.5 Å². The highest BCUT2D eigenvalue weighted by Crippen LogP contribution is 2.31. The zero-order valence-electron chi connectivity index (χ0n) is 8.18. The molecule has 0 spiro atoms. The number of fused-ring (bicyclic) bond motifs is 1. The van der Waals surface area contributed by atoms with Gasteiger partial charge in [0.05, 0.1) is 5.56 Å². The third kappa shape index (κ3) is 2.14. The molecule has 84 valence electrons. The van der Waals surface area contributed by atoms with Crippen LogP contribution in [0.4, 0.5) is 13.2 Å². The Morgan fingerprint density at radius 3 is 2.19 bits per heavy atom.